The summed E-state index contributed by atoms with van der Waals surface area (Å²) in [7, 11) is -4.01. The Morgan fingerprint density at radius 1 is 0.946 bits per heavy atom. The molecular formula is C27H29Cl2N3O4S. The molecule has 0 spiro atoms. The van der Waals surface area contributed by atoms with Crippen molar-refractivity contribution in [2.45, 2.75) is 18.7 Å². The van der Waals surface area contributed by atoms with Crippen LogP contribution in [0.25, 0.3) is 0 Å². The van der Waals surface area contributed by atoms with Crippen LogP contribution in [0.4, 0.5) is 5.69 Å². The van der Waals surface area contributed by atoms with Crippen molar-refractivity contribution >= 4 is 44.8 Å². The Kier molecular flexibility index (Phi) is 8.64. The van der Waals surface area contributed by atoms with Gasteiger partial charge in [0, 0.05) is 54.0 Å². The maximum absolute atomic E-state index is 12.5. The fraction of sp³-hybridized carbons (Fsp3) is 0.296. The van der Waals surface area contributed by atoms with E-state index in [0.29, 0.717) is 6.61 Å². The van der Waals surface area contributed by atoms with Crippen LogP contribution in [-0.4, -0.2) is 58.6 Å². The van der Waals surface area contributed by atoms with Gasteiger partial charge in [0.05, 0.1) is 4.90 Å². The molecule has 1 aliphatic heterocycles. The zero-order valence-electron chi connectivity index (χ0n) is 20.7. The highest BCUT2D eigenvalue weighted by Crippen LogP contribution is 2.26. The maximum atomic E-state index is 12.5. The van der Waals surface area contributed by atoms with Gasteiger partial charge in [0.1, 0.15) is 12.4 Å². The number of anilines is 1. The minimum Gasteiger partial charge on any atom is -0.492 e. The molecule has 0 aliphatic carbocycles. The van der Waals surface area contributed by atoms with Crippen LogP contribution in [0.15, 0.2) is 65.6 Å². The number of piperazine rings is 1. The molecule has 1 fully saturated rings. The molecule has 10 heteroatoms. The number of hydrogen-bond donors (Lipinski definition) is 1. The highest BCUT2D eigenvalue weighted by molar-refractivity contribution is 7.90. The molecule has 0 atom stereocenters. The number of nitrogens with zero attached hydrogens (tertiary/aromatic N) is 2. The molecule has 0 radical (unpaired) electrons. The third kappa shape index (κ3) is 6.96. The number of ether oxygens (including phenoxy) is 1. The van der Waals surface area contributed by atoms with E-state index in [1.54, 1.807) is 18.2 Å². The molecule has 0 unspecified atom stereocenters. The molecule has 4 rings (SSSR count). The van der Waals surface area contributed by atoms with E-state index < -0.39 is 15.9 Å². The van der Waals surface area contributed by atoms with Crippen molar-refractivity contribution in [3.63, 3.8) is 0 Å². The zero-order valence-corrected chi connectivity index (χ0v) is 23.0. The summed E-state index contributed by atoms with van der Waals surface area (Å²) in [6, 6.07) is 16.6. The summed E-state index contributed by atoms with van der Waals surface area (Å²) in [6.07, 6.45) is 0. The fourth-order valence-electron chi connectivity index (χ4n) is 4.21. The summed E-state index contributed by atoms with van der Waals surface area (Å²) in [5, 5.41) is 1.05. The molecule has 3 aromatic rings. The molecule has 1 heterocycles. The van der Waals surface area contributed by atoms with Crippen LogP contribution in [0, 0.1) is 13.8 Å². The van der Waals surface area contributed by atoms with Gasteiger partial charge in [-0.2, -0.15) is 0 Å². The zero-order chi connectivity index (χ0) is 26.6. The third-order valence-electron chi connectivity index (χ3n) is 6.29. The molecule has 1 N–H and O–H groups in total. The number of sulfonamides is 1. The summed E-state index contributed by atoms with van der Waals surface area (Å²) < 4.78 is 33.0. The largest absolute Gasteiger partial charge is 0.492 e. The average molecular weight is 563 g/mol. The minimum absolute atomic E-state index is 0.0633. The molecule has 3 aromatic carbocycles. The van der Waals surface area contributed by atoms with Crippen molar-refractivity contribution in [3.8, 4) is 5.75 Å². The Hall–Kier alpha value is -2.78. The van der Waals surface area contributed by atoms with Crippen LogP contribution in [0.3, 0.4) is 0 Å². The van der Waals surface area contributed by atoms with Crippen LogP contribution in [0.5, 0.6) is 5.75 Å². The number of halogens is 2. The minimum atomic E-state index is -4.01. The molecule has 0 aromatic heterocycles. The first-order valence-corrected chi connectivity index (χ1v) is 14.2. The molecular weight excluding hydrogens is 533 g/mol. The highest BCUT2D eigenvalue weighted by atomic mass is 35.5. The van der Waals surface area contributed by atoms with E-state index in [0.717, 1.165) is 60.3 Å². The van der Waals surface area contributed by atoms with Gasteiger partial charge in [-0.1, -0.05) is 29.3 Å². The Balaban J connectivity index is 1.26. The molecule has 37 heavy (non-hydrogen) atoms. The van der Waals surface area contributed by atoms with E-state index in [1.165, 1.54) is 18.2 Å². The first-order valence-electron chi connectivity index (χ1n) is 11.9. The van der Waals surface area contributed by atoms with Crippen molar-refractivity contribution in [1.29, 1.82) is 0 Å². The first-order chi connectivity index (χ1) is 17.6. The van der Waals surface area contributed by atoms with Crippen molar-refractivity contribution in [2.75, 3.05) is 44.2 Å². The van der Waals surface area contributed by atoms with Crippen LogP contribution in [-0.2, 0) is 10.0 Å². The smallest absolute Gasteiger partial charge is 0.264 e. The van der Waals surface area contributed by atoms with Crippen LogP contribution in [0.1, 0.15) is 21.5 Å². The quantitative estimate of drug-likeness (QED) is 0.420. The molecule has 1 saturated heterocycles. The molecule has 0 saturated carbocycles. The Morgan fingerprint density at radius 2 is 1.59 bits per heavy atom. The van der Waals surface area contributed by atoms with Crippen LogP contribution in [0.2, 0.25) is 10.0 Å². The second-order valence-corrected chi connectivity index (χ2v) is 11.5. The third-order valence-corrected chi connectivity index (χ3v) is 8.45. The van der Waals surface area contributed by atoms with Gasteiger partial charge in [0.25, 0.3) is 15.9 Å². The van der Waals surface area contributed by atoms with E-state index in [4.69, 9.17) is 27.9 Å². The first kappa shape index (κ1) is 27.3. The molecule has 7 nitrogen and oxygen atoms in total. The molecule has 0 bridgehead atoms. The number of carbonyl (C=O) groups is 1. The van der Waals surface area contributed by atoms with Gasteiger partial charge in [0.2, 0.25) is 0 Å². The van der Waals surface area contributed by atoms with Crippen molar-refractivity contribution < 1.29 is 17.9 Å². The number of carbonyl (C=O) groups excluding carboxylic acids is 1. The summed E-state index contributed by atoms with van der Waals surface area (Å²) in [5.74, 6) is 0.143. The molecule has 1 aliphatic rings. The Bertz CT molecular complexity index is 1350. The van der Waals surface area contributed by atoms with Gasteiger partial charge in [-0.3, -0.25) is 9.69 Å². The number of nitrogens with one attached hydrogen (secondary N) is 1. The van der Waals surface area contributed by atoms with Crippen LogP contribution < -0.4 is 14.4 Å². The summed E-state index contributed by atoms with van der Waals surface area (Å²) in [6.45, 7) is 8.84. The second-order valence-electron chi connectivity index (χ2n) is 8.99. The fourth-order valence-corrected chi connectivity index (χ4v) is 5.59. The van der Waals surface area contributed by atoms with Crippen molar-refractivity contribution in [1.82, 2.24) is 9.62 Å². The standard InChI is InChI=1S/C27H29Cl2N3O4S/c1-19-16-24(17-20(2)26(19)29)36-15-14-31-10-12-32(13-11-31)23-8-6-21(7-9-23)27(33)30-37(34,35)25-5-3-4-22(28)18-25/h3-9,16-18H,10-15H2,1-2H3,(H,30,33). The number of amides is 1. The lowest BCUT2D eigenvalue weighted by atomic mass is 10.1. The van der Waals surface area contributed by atoms with Crippen molar-refractivity contribution in [3.05, 3.63) is 87.4 Å². The van der Waals surface area contributed by atoms with Crippen molar-refractivity contribution in [2.24, 2.45) is 0 Å². The predicted molar refractivity (Wildman–Crippen MR) is 148 cm³/mol. The lowest BCUT2D eigenvalue weighted by molar-refractivity contribution is 0.0981. The number of benzene rings is 3. The molecule has 196 valence electrons. The number of hydrogen-bond acceptors (Lipinski definition) is 6. The van der Waals surface area contributed by atoms with E-state index in [9.17, 15) is 13.2 Å². The highest BCUT2D eigenvalue weighted by Gasteiger charge is 2.20. The summed E-state index contributed by atoms with van der Waals surface area (Å²) >= 11 is 12.1. The van der Waals surface area contributed by atoms with Gasteiger partial charge in [-0.15, -0.1) is 0 Å². The van der Waals surface area contributed by atoms with Gasteiger partial charge in [0.15, 0.2) is 0 Å². The topological polar surface area (TPSA) is 79.0 Å². The average Bonchev–Trinajstić information content (AvgIpc) is 2.87. The Labute approximate surface area is 228 Å². The van der Waals surface area contributed by atoms with E-state index >= 15 is 0 Å². The van der Waals surface area contributed by atoms with E-state index in [-0.39, 0.29) is 15.5 Å². The normalized spacial score (nSPS) is 14.4. The summed E-state index contributed by atoms with van der Waals surface area (Å²) in [4.78, 5) is 17.1. The monoisotopic (exact) mass is 561 g/mol. The van der Waals surface area contributed by atoms with E-state index in [1.807, 2.05) is 38.1 Å². The van der Waals surface area contributed by atoms with Gasteiger partial charge < -0.3 is 9.64 Å². The second kappa shape index (κ2) is 11.7. The molecule has 1 amide bonds. The number of rotatable bonds is 8. The van der Waals surface area contributed by atoms with Crippen LogP contribution >= 0.6 is 23.2 Å². The van der Waals surface area contributed by atoms with Gasteiger partial charge >= 0.3 is 0 Å². The van der Waals surface area contributed by atoms with Gasteiger partial charge in [-0.05, 0) is 79.6 Å². The lowest BCUT2D eigenvalue weighted by Crippen LogP contribution is -2.47. The number of aryl methyl sites for hydroxylation is 2. The SMILES string of the molecule is Cc1cc(OCCN2CCN(c3ccc(C(=O)NS(=O)(=O)c4cccc(Cl)c4)cc3)CC2)cc(C)c1Cl. The maximum Gasteiger partial charge on any atom is 0.264 e. The van der Waals surface area contributed by atoms with E-state index in [2.05, 4.69) is 14.5 Å². The Morgan fingerprint density at radius 3 is 2.22 bits per heavy atom. The summed E-state index contributed by atoms with van der Waals surface area (Å²) in [5.41, 5.74) is 3.27. The predicted octanol–water partition coefficient (Wildman–Crippen LogP) is 4.93. The lowest BCUT2D eigenvalue weighted by Gasteiger charge is -2.36. The van der Waals surface area contributed by atoms with Gasteiger partial charge in [-0.25, -0.2) is 13.1 Å².